The molecular weight excluding hydrogens is 616 g/mol. The van der Waals surface area contributed by atoms with Crippen LogP contribution in [0, 0.1) is 17.8 Å². The van der Waals surface area contributed by atoms with Crippen molar-refractivity contribution in [1.29, 1.82) is 0 Å². The maximum absolute atomic E-state index is 12.4. The Bertz CT molecular complexity index is 1510. The number of carbonyl (C=O) groups is 5. The van der Waals surface area contributed by atoms with Gasteiger partial charge in [-0.05, 0) is 76.1 Å². The van der Waals surface area contributed by atoms with Crippen molar-refractivity contribution in [2.45, 2.75) is 81.5 Å². The number of aliphatic hydroxyl groups is 1. The molecule has 0 unspecified atom stereocenters. The number of aliphatic hydroxyl groups excluding tert-OH is 1. The standard InChI is InChI=1S/C23H28N2O5.C13H18N2O3/c1-24-18(27)4-3-5-19(28)29-17-9-6-13-12-15-14-7-8-16(26)22-23(14,10-11-25(15)2)20(13)21(17)30-22;1-14-13(18)10-4-2-9(3-5-10)8-15-11(16)6-7-12(15)17/h6-9,14-16,22,26H,3-5,10-12H2,1-2H3,(H,24,27);6-7,9-10H,2-5,8H2,1H3,(H,14,18)/t14-,15+,16-,22-,23-;/m0./s1. The molecule has 3 aliphatic heterocycles. The molecule has 3 N–H and O–H groups in total. The first-order valence-electron chi connectivity index (χ1n) is 17.1. The summed E-state index contributed by atoms with van der Waals surface area (Å²) in [6, 6.07) is 4.24. The average molecular weight is 663 g/mol. The summed E-state index contributed by atoms with van der Waals surface area (Å²) in [4.78, 5) is 61.8. The number of benzene rings is 1. The van der Waals surface area contributed by atoms with Crippen molar-refractivity contribution in [1.82, 2.24) is 20.4 Å². The van der Waals surface area contributed by atoms with E-state index >= 15 is 0 Å². The Morgan fingerprint density at radius 2 is 1.75 bits per heavy atom. The molecule has 1 saturated heterocycles. The number of imide groups is 1. The summed E-state index contributed by atoms with van der Waals surface area (Å²) in [6.07, 6.45) is 11.8. The largest absolute Gasteiger partial charge is 0.482 e. The molecule has 12 heteroatoms. The lowest BCUT2D eigenvalue weighted by atomic mass is 9.53. The van der Waals surface area contributed by atoms with E-state index < -0.39 is 6.10 Å². The highest BCUT2D eigenvalue weighted by atomic mass is 16.6. The van der Waals surface area contributed by atoms with Gasteiger partial charge in [0.1, 0.15) is 12.2 Å². The van der Waals surface area contributed by atoms with Gasteiger partial charge in [0.05, 0.1) is 0 Å². The van der Waals surface area contributed by atoms with Crippen molar-refractivity contribution in [2.24, 2.45) is 17.8 Å². The fraction of sp³-hybridized carbons (Fsp3) is 0.583. The number of rotatable bonds is 8. The van der Waals surface area contributed by atoms with Crippen molar-refractivity contribution in [3.05, 3.63) is 47.6 Å². The maximum atomic E-state index is 12.4. The Labute approximate surface area is 280 Å². The molecule has 1 aromatic carbocycles. The third-order valence-electron chi connectivity index (χ3n) is 11.2. The quantitative estimate of drug-likeness (QED) is 0.164. The summed E-state index contributed by atoms with van der Waals surface area (Å²) in [5, 5.41) is 16.0. The molecular formula is C36H46N4O8. The van der Waals surface area contributed by atoms with E-state index in [0.717, 1.165) is 50.6 Å². The molecule has 48 heavy (non-hydrogen) atoms. The number of nitrogens with zero attached hydrogens (tertiary/aromatic N) is 2. The van der Waals surface area contributed by atoms with Crippen LogP contribution in [0.5, 0.6) is 11.5 Å². The highest BCUT2D eigenvalue weighted by Crippen LogP contribution is 2.62. The van der Waals surface area contributed by atoms with Crippen LogP contribution in [0.3, 0.4) is 0 Å². The molecule has 258 valence electrons. The minimum absolute atomic E-state index is 0.0916. The number of piperidine rings is 1. The van der Waals surface area contributed by atoms with E-state index in [1.165, 1.54) is 22.6 Å². The molecule has 3 heterocycles. The van der Waals surface area contributed by atoms with Crippen molar-refractivity contribution >= 4 is 29.6 Å². The third-order valence-corrected chi connectivity index (χ3v) is 11.2. The van der Waals surface area contributed by atoms with Crippen molar-refractivity contribution in [3.63, 3.8) is 0 Å². The van der Waals surface area contributed by atoms with E-state index in [1.54, 1.807) is 14.1 Å². The van der Waals surface area contributed by atoms with Crippen molar-refractivity contribution in [2.75, 3.05) is 34.2 Å². The topological polar surface area (TPSA) is 155 Å². The predicted molar refractivity (Wildman–Crippen MR) is 175 cm³/mol. The van der Waals surface area contributed by atoms with E-state index in [0.29, 0.717) is 42.8 Å². The van der Waals surface area contributed by atoms with Gasteiger partial charge in [-0.2, -0.15) is 0 Å². The number of esters is 1. The predicted octanol–water partition coefficient (Wildman–Crippen LogP) is 1.78. The van der Waals surface area contributed by atoms with Crippen LogP contribution in [0.1, 0.15) is 62.5 Å². The second-order valence-corrected chi connectivity index (χ2v) is 13.9. The zero-order valence-corrected chi connectivity index (χ0v) is 27.9. The van der Waals surface area contributed by atoms with Gasteiger partial charge in [0.25, 0.3) is 11.8 Å². The SMILES string of the molecule is CNC(=O)C1CCC(CN2C(=O)C=CC2=O)CC1.CNC(=O)CCCC(=O)Oc1ccc2c3c1O[C@H]1[C@@H](O)C=C[C@H]4[C@@H](C2)N(C)CC[C@@]341. The van der Waals surface area contributed by atoms with Gasteiger partial charge < -0.3 is 30.1 Å². The molecule has 1 saturated carbocycles. The van der Waals surface area contributed by atoms with E-state index in [2.05, 4.69) is 28.7 Å². The van der Waals surface area contributed by atoms with Crippen LogP contribution in [0.25, 0.3) is 0 Å². The average Bonchev–Trinajstić information content (AvgIpc) is 3.61. The van der Waals surface area contributed by atoms with Gasteiger partial charge in [-0.1, -0.05) is 18.2 Å². The van der Waals surface area contributed by atoms with Gasteiger partial charge in [0.2, 0.25) is 11.8 Å². The minimum Gasteiger partial charge on any atom is -0.482 e. The van der Waals surface area contributed by atoms with Crippen LogP contribution < -0.4 is 20.1 Å². The van der Waals surface area contributed by atoms with E-state index in [-0.39, 0.29) is 59.4 Å². The summed E-state index contributed by atoms with van der Waals surface area (Å²) in [6.45, 7) is 1.44. The molecule has 7 rings (SSSR count). The molecule has 4 amide bonds. The smallest absolute Gasteiger partial charge is 0.311 e. The second kappa shape index (κ2) is 13.8. The Hall–Kier alpha value is -4.03. The van der Waals surface area contributed by atoms with Gasteiger partial charge >= 0.3 is 5.97 Å². The fourth-order valence-corrected chi connectivity index (χ4v) is 8.68. The number of nitrogens with one attached hydrogen (secondary N) is 2. The highest BCUT2D eigenvalue weighted by molar-refractivity contribution is 6.12. The van der Waals surface area contributed by atoms with Gasteiger partial charge in [-0.15, -0.1) is 0 Å². The van der Waals surface area contributed by atoms with Gasteiger partial charge in [-0.25, -0.2) is 0 Å². The maximum Gasteiger partial charge on any atom is 0.311 e. The zero-order chi connectivity index (χ0) is 34.2. The van der Waals surface area contributed by atoms with Crippen LogP contribution >= 0.6 is 0 Å². The highest BCUT2D eigenvalue weighted by Gasteiger charge is 2.64. The summed E-state index contributed by atoms with van der Waals surface area (Å²) >= 11 is 0. The Balaban J connectivity index is 0.000000191. The van der Waals surface area contributed by atoms with Crippen LogP contribution in [-0.4, -0.2) is 97.0 Å². The molecule has 12 nitrogen and oxygen atoms in total. The van der Waals surface area contributed by atoms with E-state index in [4.69, 9.17) is 9.47 Å². The van der Waals surface area contributed by atoms with E-state index in [9.17, 15) is 29.1 Å². The molecule has 2 fully saturated rings. The molecule has 5 atom stereocenters. The fourth-order valence-electron chi connectivity index (χ4n) is 8.68. The monoisotopic (exact) mass is 662 g/mol. The van der Waals surface area contributed by atoms with Gasteiger partial charge in [0, 0.05) is 74.5 Å². The minimum atomic E-state index is -0.681. The number of hydrogen-bond donors (Lipinski definition) is 3. The van der Waals surface area contributed by atoms with Crippen LogP contribution in [0.2, 0.25) is 0 Å². The summed E-state index contributed by atoms with van der Waals surface area (Å²) in [5.74, 6) is 0.943. The molecule has 6 aliphatic rings. The molecule has 0 radical (unpaired) electrons. The van der Waals surface area contributed by atoms with Gasteiger partial charge in [-0.3, -0.25) is 28.9 Å². The zero-order valence-electron chi connectivity index (χ0n) is 27.9. The second-order valence-electron chi connectivity index (χ2n) is 13.9. The lowest BCUT2D eigenvalue weighted by Gasteiger charge is -2.56. The first-order valence-corrected chi connectivity index (χ1v) is 17.1. The lowest BCUT2D eigenvalue weighted by Crippen LogP contribution is -2.64. The Morgan fingerprint density at radius 1 is 1.02 bits per heavy atom. The first kappa shape index (κ1) is 33.9. The number of ether oxygens (including phenoxy) is 2. The molecule has 3 aliphatic carbocycles. The Morgan fingerprint density at radius 3 is 2.44 bits per heavy atom. The van der Waals surface area contributed by atoms with Crippen molar-refractivity contribution in [3.8, 4) is 11.5 Å². The van der Waals surface area contributed by atoms with Gasteiger partial charge in [0.15, 0.2) is 11.5 Å². The molecule has 1 aromatic rings. The number of likely N-dealkylation sites (tertiary alicyclic amines) is 1. The first-order chi connectivity index (χ1) is 23.1. The van der Waals surface area contributed by atoms with Crippen molar-refractivity contribution < 1.29 is 38.6 Å². The number of likely N-dealkylation sites (N-methyl/N-ethyl adjacent to an activating group) is 1. The summed E-state index contributed by atoms with van der Waals surface area (Å²) in [7, 11) is 5.40. The summed E-state index contributed by atoms with van der Waals surface area (Å²) in [5.41, 5.74) is 2.08. The molecule has 1 spiro atoms. The number of carbonyl (C=O) groups excluding carboxylic acids is 5. The van der Waals surface area contributed by atoms with E-state index in [1.807, 2.05) is 18.2 Å². The van der Waals surface area contributed by atoms with Crippen LogP contribution in [0.15, 0.2) is 36.4 Å². The Kier molecular flexibility index (Phi) is 9.76. The third kappa shape index (κ3) is 6.16. The molecule has 0 aromatic heterocycles. The lowest BCUT2D eigenvalue weighted by molar-refractivity contribution is -0.138. The number of amides is 4. The van der Waals surface area contributed by atoms with Crippen LogP contribution in [0.4, 0.5) is 0 Å². The summed E-state index contributed by atoms with van der Waals surface area (Å²) < 4.78 is 12.0. The molecule has 2 bridgehead atoms. The normalized spacial score (nSPS) is 31.0. The van der Waals surface area contributed by atoms with Crippen LogP contribution in [-0.2, 0) is 35.8 Å². The number of hydrogen-bond acceptors (Lipinski definition) is 9.